The highest BCUT2D eigenvalue weighted by atomic mass is 35.5. The van der Waals surface area contributed by atoms with Gasteiger partial charge in [-0.05, 0) is 65.2 Å². The third kappa shape index (κ3) is 4.97. The maximum atomic E-state index is 13.9. The molecule has 5 rings (SSSR count). The number of hydrogen-bond acceptors (Lipinski definition) is 3. The highest BCUT2D eigenvalue weighted by molar-refractivity contribution is 6.31. The summed E-state index contributed by atoms with van der Waals surface area (Å²) in [7, 11) is 1.56. The van der Waals surface area contributed by atoms with Gasteiger partial charge < -0.3 is 15.0 Å². The number of carbonyl (C=O) groups excluding carboxylic acids is 2. The molecule has 0 radical (unpaired) electrons. The summed E-state index contributed by atoms with van der Waals surface area (Å²) in [5.74, 6) is -1.81. The number of anilines is 1. The molecule has 8 heteroatoms. The Bertz CT molecular complexity index is 1490. The predicted octanol–water partition coefficient (Wildman–Crippen LogP) is 6.75. The summed E-state index contributed by atoms with van der Waals surface area (Å²) in [5.41, 5.74) is 2.72. The lowest BCUT2D eigenvalue weighted by Crippen LogP contribution is -2.45. The van der Waals surface area contributed by atoms with Crippen LogP contribution in [0.15, 0.2) is 91.0 Å². The molecule has 0 saturated carbocycles. The normalized spacial score (nSPS) is 16.6. The van der Waals surface area contributed by atoms with E-state index in [1.165, 1.54) is 30.3 Å². The summed E-state index contributed by atoms with van der Waals surface area (Å²) >= 11 is 5.94. The Morgan fingerprint density at radius 2 is 1.68 bits per heavy atom. The highest BCUT2D eigenvalue weighted by Crippen LogP contribution is 2.44. The minimum atomic E-state index is -0.818. The van der Waals surface area contributed by atoms with Gasteiger partial charge in [-0.15, -0.1) is 0 Å². The molecule has 4 aromatic carbocycles. The van der Waals surface area contributed by atoms with E-state index in [-0.39, 0.29) is 23.3 Å². The molecule has 0 aromatic heterocycles. The van der Waals surface area contributed by atoms with Crippen LogP contribution in [0.4, 0.5) is 14.5 Å². The van der Waals surface area contributed by atoms with Gasteiger partial charge in [0.2, 0.25) is 5.91 Å². The van der Waals surface area contributed by atoms with Crippen LogP contribution in [0.2, 0.25) is 5.02 Å². The Hall–Kier alpha value is -4.23. The van der Waals surface area contributed by atoms with Crippen molar-refractivity contribution in [1.82, 2.24) is 4.90 Å². The Kier molecular flexibility index (Phi) is 7.11. The van der Waals surface area contributed by atoms with Crippen molar-refractivity contribution in [2.45, 2.75) is 18.5 Å². The molecule has 2 atom stereocenters. The van der Waals surface area contributed by atoms with Gasteiger partial charge in [0, 0.05) is 17.8 Å². The van der Waals surface area contributed by atoms with Gasteiger partial charge in [0.1, 0.15) is 17.4 Å². The first kappa shape index (κ1) is 25.4. The molecule has 38 heavy (non-hydrogen) atoms. The van der Waals surface area contributed by atoms with Crippen LogP contribution in [0.1, 0.15) is 39.0 Å². The van der Waals surface area contributed by atoms with Gasteiger partial charge in [-0.2, -0.15) is 0 Å². The van der Waals surface area contributed by atoms with Crippen LogP contribution in [-0.2, 0) is 11.3 Å². The minimum absolute atomic E-state index is 0.119. The van der Waals surface area contributed by atoms with Gasteiger partial charge in [-0.1, -0.05) is 54.1 Å². The summed E-state index contributed by atoms with van der Waals surface area (Å²) in [6.45, 7) is 0.149. The summed E-state index contributed by atoms with van der Waals surface area (Å²) in [6.07, 6.45) is 0. The maximum absolute atomic E-state index is 13.9. The van der Waals surface area contributed by atoms with Crippen LogP contribution >= 0.6 is 11.6 Å². The van der Waals surface area contributed by atoms with Crippen LogP contribution in [0.5, 0.6) is 5.75 Å². The second kappa shape index (κ2) is 10.6. The van der Waals surface area contributed by atoms with Crippen LogP contribution in [-0.4, -0.2) is 23.8 Å². The summed E-state index contributed by atoms with van der Waals surface area (Å²) in [6, 6.07) is 23.3. The largest absolute Gasteiger partial charge is 0.497 e. The SMILES string of the molecule is COc1ccc([C@@H]2[C@@H](C(=O)Nc3ccc(F)c(Cl)c3)c3ccccc3C(=O)N2Cc2ccc(F)cc2)cc1. The van der Waals surface area contributed by atoms with Gasteiger partial charge in [0.05, 0.1) is 24.1 Å². The van der Waals surface area contributed by atoms with Crippen molar-refractivity contribution < 1.29 is 23.1 Å². The molecular weight excluding hydrogens is 510 g/mol. The van der Waals surface area contributed by atoms with E-state index in [9.17, 15) is 18.4 Å². The Labute approximate surface area is 223 Å². The average molecular weight is 533 g/mol. The monoisotopic (exact) mass is 532 g/mol. The molecule has 2 amide bonds. The molecular formula is C30H23ClF2N2O3. The van der Waals surface area contributed by atoms with Gasteiger partial charge in [0.25, 0.3) is 5.91 Å². The number of methoxy groups -OCH3 is 1. The van der Waals surface area contributed by atoms with Gasteiger partial charge in [-0.3, -0.25) is 9.59 Å². The number of nitrogens with one attached hydrogen (secondary N) is 1. The van der Waals surface area contributed by atoms with Crippen molar-refractivity contribution in [3.8, 4) is 5.75 Å². The van der Waals surface area contributed by atoms with Crippen molar-refractivity contribution >= 4 is 29.1 Å². The summed E-state index contributed by atoms with van der Waals surface area (Å²) in [4.78, 5) is 29.4. The zero-order chi connectivity index (χ0) is 26.8. The fourth-order valence-electron chi connectivity index (χ4n) is 4.80. The number of hydrogen-bond donors (Lipinski definition) is 1. The van der Waals surface area contributed by atoms with Crippen molar-refractivity contribution in [3.63, 3.8) is 0 Å². The minimum Gasteiger partial charge on any atom is -0.497 e. The standard InChI is InChI=1S/C30H23ClF2N2O3/c1-38-22-13-8-19(9-14-22)28-27(29(36)34-21-12-15-26(33)25(31)16-21)23-4-2-3-5-24(23)30(37)35(28)17-18-6-10-20(32)11-7-18/h2-16,27-28H,17H2,1H3,(H,34,36)/t27-,28+/m0/s1. The molecule has 5 nitrogen and oxygen atoms in total. The summed E-state index contributed by atoms with van der Waals surface area (Å²) in [5, 5.41) is 2.73. The molecule has 0 aliphatic carbocycles. The molecule has 192 valence electrons. The number of benzene rings is 4. The van der Waals surface area contributed by atoms with E-state index in [4.69, 9.17) is 16.3 Å². The average Bonchev–Trinajstić information content (AvgIpc) is 2.93. The number of ether oxygens (including phenoxy) is 1. The molecule has 1 aliphatic rings. The van der Waals surface area contributed by atoms with Crippen molar-refractivity contribution in [1.29, 1.82) is 0 Å². The third-order valence-electron chi connectivity index (χ3n) is 6.63. The van der Waals surface area contributed by atoms with Crippen LogP contribution < -0.4 is 10.1 Å². The molecule has 1 heterocycles. The van der Waals surface area contributed by atoms with Crippen LogP contribution in [0.25, 0.3) is 0 Å². The van der Waals surface area contributed by atoms with E-state index in [0.29, 0.717) is 33.7 Å². The number of nitrogens with zero attached hydrogens (tertiary/aromatic N) is 1. The molecule has 0 spiro atoms. The van der Waals surface area contributed by atoms with E-state index < -0.39 is 23.7 Å². The lowest BCUT2D eigenvalue weighted by Gasteiger charge is -2.42. The lowest BCUT2D eigenvalue weighted by molar-refractivity contribution is -0.119. The number of rotatable bonds is 6. The number of carbonyl (C=O) groups is 2. The topological polar surface area (TPSA) is 58.6 Å². The Balaban J connectivity index is 1.63. The van der Waals surface area contributed by atoms with E-state index >= 15 is 0 Å². The first-order valence-electron chi connectivity index (χ1n) is 11.9. The molecule has 0 unspecified atom stereocenters. The molecule has 4 aromatic rings. The van der Waals surface area contributed by atoms with Crippen LogP contribution in [0.3, 0.4) is 0 Å². The zero-order valence-corrected chi connectivity index (χ0v) is 21.1. The Morgan fingerprint density at radius 3 is 2.37 bits per heavy atom. The molecule has 1 N–H and O–H groups in total. The number of amides is 2. The smallest absolute Gasteiger partial charge is 0.255 e. The fourth-order valence-corrected chi connectivity index (χ4v) is 4.98. The van der Waals surface area contributed by atoms with E-state index in [1.807, 2.05) is 12.1 Å². The summed E-state index contributed by atoms with van der Waals surface area (Å²) < 4.78 is 32.6. The van der Waals surface area contributed by atoms with Gasteiger partial charge in [-0.25, -0.2) is 8.78 Å². The van der Waals surface area contributed by atoms with Gasteiger partial charge >= 0.3 is 0 Å². The zero-order valence-electron chi connectivity index (χ0n) is 20.3. The second-order valence-electron chi connectivity index (χ2n) is 8.96. The van der Waals surface area contributed by atoms with E-state index in [2.05, 4.69) is 5.32 Å². The maximum Gasteiger partial charge on any atom is 0.255 e. The third-order valence-corrected chi connectivity index (χ3v) is 6.92. The van der Waals surface area contributed by atoms with Gasteiger partial charge in [0.15, 0.2) is 0 Å². The Morgan fingerprint density at radius 1 is 0.974 bits per heavy atom. The highest BCUT2D eigenvalue weighted by Gasteiger charge is 2.44. The van der Waals surface area contributed by atoms with Crippen LogP contribution in [0, 0.1) is 11.6 Å². The lowest BCUT2D eigenvalue weighted by atomic mass is 9.79. The van der Waals surface area contributed by atoms with Crippen molar-refractivity contribution in [2.24, 2.45) is 0 Å². The predicted molar refractivity (Wildman–Crippen MR) is 141 cm³/mol. The number of fused-ring (bicyclic) bond motifs is 1. The molecule has 0 saturated heterocycles. The fraction of sp³-hybridized carbons (Fsp3) is 0.133. The van der Waals surface area contributed by atoms with E-state index in [1.54, 1.807) is 60.5 Å². The first-order chi connectivity index (χ1) is 18.4. The molecule has 0 bridgehead atoms. The molecule has 0 fully saturated rings. The second-order valence-corrected chi connectivity index (χ2v) is 9.37. The van der Waals surface area contributed by atoms with Crippen molar-refractivity contribution in [2.75, 3.05) is 12.4 Å². The quantitative estimate of drug-likeness (QED) is 0.299. The molecule has 1 aliphatic heterocycles. The van der Waals surface area contributed by atoms with Crippen molar-refractivity contribution in [3.05, 3.63) is 130 Å². The first-order valence-corrected chi connectivity index (χ1v) is 12.3. The number of halogens is 3. The van der Waals surface area contributed by atoms with E-state index in [0.717, 1.165) is 0 Å².